The number of rotatable bonds is 37. The topological polar surface area (TPSA) is 180 Å². The minimum Gasteiger partial charge on any atom is -0.478 e. The summed E-state index contributed by atoms with van der Waals surface area (Å²) in [6.45, 7) is 8.35. The van der Waals surface area contributed by atoms with E-state index in [-0.39, 0.29) is 25.7 Å². The van der Waals surface area contributed by atoms with Gasteiger partial charge in [0.25, 0.3) is 0 Å². The van der Waals surface area contributed by atoms with Gasteiger partial charge >= 0.3 is 35.8 Å². The van der Waals surface area contributed by atoms with Gasteiger partial charge in [-0.05, 0) is 25.7 Å². The molecule has 0 aliphatic heterocycles. The number of carbonyl (C=O) groups is 6. The van der Waals surface area contributed by atoms with E-state index in [1.165, 1.54) is 0 Å². The Morgan fingerprint density at radius 3 is 0.759 bits per heavy atom. The molecule has 0 aromatic carbocycles. The van der Waals surface area contributed by atoms with Gasteiger partial charge in [-0.2, -0.15) is 0 Å². The van der Waals surface area contributed by atoms with Crippen molar-refractivity contribution in [1.82, 2.24) is 0 Å². The second kappa shape index (κ2) is 34.3. The van der Waals surface area contributed by atoms with Crippen molar-refractivity contribution in [2.75, 3.05) is 0 Å². The predicted octanol–water partition coefficient (Wildman–Crippen LogP) is 9.81. The zero-order valence-corrected chi connectivity index (χ0v) is 34.1. The molecule has 12 nitrogen and oxygen atoms in total. The van der Waals surface area contributed by atoms with Gasteiger partial charge in [0, 0.05) is 25.7 Å². The van der Waals surface area contributed by atoms with Gasteiger partial charge in [0.15, 0.2) is 12.2 Å². The molecule has 0 aromatic heterocycles. The van der Waals surface area contributed by atoms with E-state index in [0.717, 1.165) is 116 Å². The third-order valence-electron chi connectivity index (χ3n) is 9.40. The fourth-order valence-corrected chi connectivity index (χ4v) is 6.14. The van der Waals surface area contributed by atoms with Gasteiger partial charge in [0.2, 0.25) is 12.2 Å². The van der Waals surface area contributed by atoms with Crippen LogP contribution in [0.2, 0.25) is 0 Å². The van der Waals surface area contributed by atoms with Crippen molar-refractivity contribution in [1.29, 1.82) is 0 Å². The predicted molar refractivity (Wildman–Crippen MR) is 207 cm³/mol. The van der Waals surface area contributed by atoms with E-state index >= 15 is 0 Å². The number of esters is 4. The number of hydrogen-bond donors (Lipinski definition) is 2. The van der Waals surface area contributed by atoms with Crippen LogP contribution in [0.15, 0.2) is 0 Å². The largest absolute Gasteiger partial charge is 0.478 e. The summed E-state index contributed by atoms with van der Waals surface area (Å²) >= 11 is 0. The number of unbranched alkanes of at least 4 members (excludes halogenated alkanes) is 20. The number of carboxylic acid groups (broad SMARTS) is 2. The van der Waals surface area contributed by atoms with Gasteiger partial charge in [0.05, 0.1) is 0 Å². The summed E-state index contributed by atoms with van der Waals surface area (Å²) < 4.78 is 22.0. The fourth-order valence-electron chi connectivity index (χ4n) is 6.14. The maximum Gasteiger partial charge on any atom is 0.349 e. The summed E-state index contributed by atoms with van der Waals surface area (Å²) in [5.41, 5.74) is 0. The summed E-state index contributed by atoms with van der Waals surface area (Å²) in [6.07, 6.45) is 11.3. The standard InChI is InChI=1S/C42H74O12/c1-5-9-13-17-21-25-29-33(43)51-37(39(41(47)48)53-35(45)31-27-23-19-15-11-7-3)38(52-34(44)30-26-22-18-14-10-6-2)40(42(49)50)54-36(46)32-28-24-20-16-12-8-4/h37-40H,5-32H2,1-4H3,(H,47,48)(H,49,50)/t37-,38+,39+,40-. The Bertz CT molecular complexity index is 949. The van der Waals surface area contributed by atoms with E-state index < -0.39 is 60.2 Å². The van der Waals surface area contributed by atoms with Crippen molar-refractivity contribution in [3.8, 4) is 0 Å². The molecule has 12 heteroatoms. The Balaban J connectivity index is 6.42. The number of carboxylic acids is 2. The number of carbonyl (C=O) groups excluding carboxylic acids is 4. The molecule has 0 amide bonds. The molecule has 0 saturated carbocycles. The smallest absolute Gasteiger partial charge is 0.349 e. The molecule has 4 atom stereocenters. The number of aliphatic carboxylic acids is 2. The lowest BCUT2D eigenvalue weighted by Crippen LogP contribution is -2.56. The van der Waals surface area contributed by atoms with Crippen LogP contribution in [0.1, 0.15) is 207 Å². The minimum atomic E-state index is -2.24. The van der Waals surface area contributed by atoms with Crippen molar-refractivity contribution in [3.63, 3.8) is 0 Å². The Morgan fingerprint density at radius 2 is 0.537 bits per heavy atom. The van der Waals surface area contributed by atoms with Crippen LogP contribution in [0.3, 0.4) is 0 Å². The van der Waals surface area contributed by atoms with Crippen molar-refractivity contribution in [2.24, 2.45) is 0 Å². The molecule has 0 fully saturated rings. The normalized spacial score (nSPS) is 13.3. The quantitative estimate of drug-likeness (QED) is 0.0347. The van der Waals surface area contributed by atoms with Gasteiger partial charge in [0.1, 0.15) is 0 Å². The van der Waals surface area contributed by atoms with Crippen molar-refractivity contribution in [3.05, 3.63) is 0 Å². The van der Waals surface area contributed by atoms with Crippen LogP contribution in [0, 0.1) is 0 Å². The first kappa shape index (κ1) is 50.8. The molecule has 314 valence electrons. The molecule has 0 spiro atoms. The molecule has 0 bridgehead atoms. The second-order valence-corrected chi connectivity index (χ2v) is 14.5. The summed E-state index contributed by atoms with van der Waals surface area (Å²) in [7, 11) is 0. The SMILES string of the molecule is CCCCCCCCC(=O)O[C@H]([C@H](OC(=O)CCCCCCCC)[C@@H](OC(=O)CCCCCCCC)C(=O)O)[C@H](OC(=O)CCCCCCCC)C(=O)O. The van der Waals surface area contributed by atoms with E-state index in [0.29, 0.717) is 38.5 Å². The average molecular weight is 771 g/mol. The highest BCUT2D eigenvalue weighted by Gasteiger charge is 2.50. The summed E-state index contributed by atoms with van der Waals surface area (Å²) in [5.74, 6) is -7.01. The van der Waals surface area contributed by atoms with Crippen LogP contribution < -0.4 is 0 Å². The molecule has 0 aliphatic carbocycles. The fraction of sp³-hybridized carbons (Fsp3) is 0.857. The van der Waals surface area contributed by atoms with Crippen LogP contribution in [0.4, 0.5) is 0 Å². The molecule has 0 radical (unpaired) electrons. The van der Waals surface area contributed by atoms with Crippen molar-refractivity contribution >= 4 is 35.8 Å². The average Bonchev–Trinajstić information content (AvgIpc) is 3.13. The monoisotopic (exact) mass is 771 g/mol. The van der Waals surface area contributed by atoms with Gasteiger partial charge in [-0.15, -0.1) is 0 Å². The van der Waals surface area contributed by atoms with E-state index in [1.54, 1.807) is 0 Å². The maximum atomic E-state index is 13.3. The zero-order valence-electron chi connectivity index (χ0n) is 34.1. The molecule has 2 N–H and O–H groups in total. The third-order valence-corrected chi connectivity index (χ3v) is 9.40. The summed E-state index contributed by atoms with van der Waals surface area (Å²) in [6, 6.07) is 0. The number of hydrogen-bond acceptors (Lipinski definition) is 10. The third kappa shape index (κ3) is 26.6. The van der Waals surface area contributed by atoms with Crippen LogP contribution >= 0.6 is 0 Å². The lowest BCUT2D eigenvalue weighted by atomic mass is 10.0. The van der Waals surface area contributed by atoms with Crippen LogP contribution in [-0.4, -0.2) is 70.4 Å². The van der Waals surface area contributed by atoms with Crippen molar-refractivity contribution in [2.45, 2.75) is 232 Å². The molecule has 0 heterocycles. The van der Waals surface area contributed by atoms with E-state index in [2.05, 4.69) is 27.7 Å². The van der Waals surface area contributed by atoms with E-state index in [1.807, 2.05) is 0 Å². The van der Waals surface area contributed by atoms with Gasteiger partial charge < -0.3 is 29.2 Å². The lowest BCUT2D eigenvalue weighted by molar-refractivity contribution is -0.209. The Morgan fingerprint density at radius 1 is 0.333 bits per heavy atom. The van der Waals surface area contributed by atoms with E-state index in [4.69, 9.17) is 18.9 Å². The van der Waals surface area contributed by atoms with Crippen LogP contribution in [0.5, 0.6) is 0 Å². The molecule has 0 rings (SSSR count). The Labute approximate surface area is 325 Å². The van der Waals surface area contributed by atoms with Crippen LogP contribution in [-0.2, 0) is 47.7 Å². The van der Waals surface area contributed by atoms with E-state index in [9.17, 15) is 39.0 Å². The minimum absolute atomic E-state index is 0.119. The maximum absolute atomic E-state index is 13.3. The summed E-state index contributed by atoms with van der Waals surface area (Å²) in [4.78, 5) is 78.0. The highest BCUT2D eigenvalue weighted by atomic mass is 16.6. The Kier molecular flexibility index (Phi) is 32.3. The molecular weight excluding hydrogens is 696 g/mol. The highest BCUT2D eigenvalue weighted by Crippen LogP contribution is 2.24. The first-order valence-electron chi connectivity index (χ1n) is 21.3. The molecule has 0 aromatic rings. The first-order chi connectivity index (χ1) is 26.0. The lowest BCUT2D eigenvalue weighted by Gasteiger charge is -2.33. The van der Waals surface area contributed by atoms with Crippen LogP contribution in [0.25, 0.3) is 0 Å². The molecule has 0 unspecified atom stereocenters. The highest BCUT2D eigenvalue weighted by molar-refractivity contribution is 5.82. The van der Waals surface area contributed by atoms with Crippen molar-refractivity contribution < 1.29 is 57.9 Å². The van der Waals surface area contributed by atoms with Gasteiger partial charge in [-0.1, -0.05) is 156 Å². The molecule has 0 saturated heterocycles. The van der Waals surface area contributed by atoms with Gasteiger partial charge in [-0.25, -0.2) is 9.59 Å². The molecule has 0 aliphatic rings. The first-order valence-corrected chi connectivity index (χ1v) is 21.3. The summed E-state index contributed by atoms with van der Waals surface area (Å²) in [5, 5.41) is 20.7. The second-order valence-electron chi connectivity index (χ2n) is 14.5. The van der Waals surface area contributed by atoms with Gasteiger partial charge in [-0.3, -0.25) is 19.2 Å². The zero-order chi connectivity index (χ0) is 40.4. The molecular formula is C42H74O12. The molecule has 54 heavy (non-hydrogen) atoms. The Hall–Kier alpha value is -3.18. The number of ether oxygens (including phenoxy) is 4.